The van der Waals surface area contributed by atoms with Gasteiger partial charge in [-0.05, 0) is 31.0 Å². The Morgan fingerprint density at radius 3 is 2.39 bits per heavy atom. The van der Waals surface area contributed by atoms with Crippen LogP contribution < -0.4 is 4.74 Å². The molecule has 1 saturated carbocycles. The number of fused-ring (bicyclic) bond motifs is 1. The van der Waals surface area contributed by atoms with Crippen molar-refractivity contribution in [3.8, 4) is 5.75 Å². The van der Waals surface area contributed by atoms with Crippen LogP contribution >= 0.6 is 23.2 Å². The van der Waals surface area contributed by atoms with Crippen molar-refractivity contribution < 1.29 is 23.8 Å². The Hall–Kier alpha value is -2.63. The van der Waals surface area contributed by atoms with Gasteiger partial charge in [-0.2, -0.15) is 0 Å². The number of hydrogen-bond acceptors (Lipinski definition) is 3. The minimum Gasteiger partial charge on any atom is -0.487 e. The molecule has 160 valence electrons. The first-order chi connectivity index (χ1) is 14.8. The first kappa shape index (κ1) is 21.6. The van der Waals surface area contributed by atoms with Crippen molar-refractivity contribution in [3.63, 3.8) is 0 Å². The van der Waals surface area contributed by atoms with Gasteiger partial charge in [-0.1, -0.05) is 60.0 Å². The molecule has 1 aliphatic rings. The summed E-state index contributed by atoms with van der Waals surface area (Å²) in [6.45, 7) is -0.126. The smallest absolute Gasteiger partial charge is 0.310 e. The second kappa shape index (κ2) is 8.48. The van der Waals surface area contributed by atoms with Crippen LogP contribution in [-0.4, -0.2) is 16.9 Å². The zero-order valence-electron chi connectivity index (χ0n) is 16.5. The van der Waals surface area contributed by atoms with Crippen molar-refractivity contribution in [3.05, 3.63) is 75.5 Å². The molecule has 31 heavy (non-hydrogen) atoms. The summed E-state index contributed by atoms with van der Waals surface area (Å²) in [5.74, 6) is -1.58. The number of ether oxygens (including phenoxy) is 1. The maximum absolute atomic E-state index is 14.2. The number of carboxylic acids is 1. The molecular weight excluding hydrogens is 442 g/mol. The van der Waals surface area contributed by atoms with E-state index in [1.165, 1.54) is 18.2 Å². The predicted octanol–water partition coefficient (Wildman–Crippen LogP) is 6.69. The van der Waals surface area contributed by atoms with Crippen LogP contribution in [0.4, 0.5) is 4.39 Å². The molecule has 1 fully saturated rings. The predicted molar refractivity (Wildman–Crippen MR) is 118 cm³/mol. The van der Waals surface area contributed by atoms with Crippen molar-refractivity contribution in [1.29, 1.82) is 0 Å². The summed E-state index contributed by atoms with van der Waals surface area (Å²) in [7, 11) is 0. The Labute approximate surface area is 188 Å². The monoisotopic (exact) mass is 460 g/mol. The third-order valence-corrected chi connectivity index (χ3v) is 6.44. The number of Topliss-reactive ketones (excluding diaryl/α,β-unsaturated/α-hetero) is 1. The fraction of sp³-hybridized carbons (Fsp3) is 0.250. The van der Waals surface area contributed by atoms with Crippen LogP contribution in [0, 0.1) is 11.2 Å². The molecule has 4 nitrogen and oxygen atoms in total. The van der Waals surface area contributed by atoms with E-state index in [1.54, 1.807) is 24.3 Å². The standard InChI is InChI=1S/C24H19Cl2FO4/c25-15-7-6-14(20(27)10-15)13-31-22-17-5-2-1-4-16(17)19(26)11-18(22)21(28)12-24(23(29)30)8-3-9-24/h1-2,4-7,10-11H,3,8-9,12-13H2,(H,29,30). The normalized spacial score (nSPS) is 14.8. The zero-order chi connectivity index (χ0) is 22.2. The molecule has 0 spiro atoms. The van der Waals surface area contributed by atoms with E-state index >= 15 is 0 Å². The van der Waals surface area contributed by atoms with Gasteiger partial charge < -0.3 is 9.84 Å². The number of aliphatic carboxylic acids is 1. The molecule has 3 aromatic rings. The van der Waals surface area contributed by atoms with Crippen molar-refractivity contribution in [2.75, 3.05) is 0 Å². The van der Waals surface area contributed by atoms with Gasteiger partial charge in [0.2, 0.25) is 0 Å². The second-order valence-corrected chi connectivity index (χ2v) is 8.69. The molecule has 0 amide bonds. The maximum Gasteiger partial charge on any atom is 0.310 e. The van der Waals surface area contributed by atoms with Crippen molar-refractivity contribution >= 4 is 45.7 Å². The van der Waals surface area contributed by atoms with Crippen LogP contribution in [0.5, 0.6) is 5.75 Å². The molecule has 0 heterocycles. The summed E-state index contributed by atoms with van der Waals surface area (Å²) in [4.78, 5) is 25.0. The lowest BCUT2D eigenvalue weighted by Gasteiger charge is -2.37. The van der Waals surface area contributed by atoms with Crippen LogP contribution in [0.15, 0.2) is 48.5 Å². The van der Waals surface area contributed by atoms with Crippen LogP contribution in [0.3, 0.4) is 0 Å². The number of carbonyl (C=O) groups excluding carboxylic acids is 1. The number of carboxylic acid groups (broad SMARTS) is 1. The topological polar surface area (TPSA) is 63.6 Å². The summed E-state index contributed by atoms with van der Waals surface area (Å²) in [5.41, 5.74) is -0.567. The number of carbonyl (C=O) groups is 2. The van der Waals surface area contributed by atoms with Crippen molar-refractivity contribution in [2.24, 2.45) is 5.41 Å². The minimum absolute atomic E-state index is 0.126. The Kier molecular flexibility index (Phi) is 5.91. The fourth-order valence-corrected chi connectivity index (χ4v) is 4.36. The van der Waals surface area contributed by atoms with Crippen LogP contribution in [0.1, 0.15) is 41.6 Å². The number of benzene rings is 3. The number of rotatable bonds is 7. The highest BCUT2D eigenvalue weighted by Gasteiger charge is 2.46. The van der Waals surface area contributed by atoms with Gasteiger partial charge in [-0.15, -0.1) is 0 Å². The SMILES string of the molecule is O=C(CC1(C(=O)O)CCC1)c1cc(Cl)c2ccccc2c1OCc1ccc(Cl)cc1F. The lowest BCUT2D eigenvalue weighted by Crippen LogP contribution is -2.39. The molecule has 0 bridgehead atoms. The zero-order valence-corrected chi connectivity index (χ0v) is 18.0. The van der Waals surface area contributed by atoms with E-state index in [9.17, 15) is 19.1 Å². The van der Waals surface area contributed by atoms with Gasteiger partial charge >= 0.3 is 5.97 Å². The van der Waals surface area contributed by atoms with E-state index < -0.39 is 17.2 Å². The lowest BCUT2D eigenvalue weighted by atomic mass is 9.65. The molecule has 4 rings (SSSR count). The molecule has 1 aliphatic carbocycles. The van der Waals surface area contributed by atoms with Gasteiger partial charge in [0.15, 0.2) is 5.78 Å². The Balaban J connectivity index is 1.74. The highest BCUT2D eigenvalue weighted by molar-refractivity contribution is 6.36. The summed E-state index contributed by atoms with van der Waals surface area (Å²) >= 11 is 12.2. The second-order valence-electron chi connectivity index (χ2n) is 7.84. The quantitative estimate of drug-likeness (QED) is 0.398. The minimum atomic E-state index is -1.05. The first-order valence-electron chi connectivity index (χ1n) is 9.85. The fourth-order valence-electron chi connectivity index (χ4n) is 3.93. The third-order valence-electron chi connectivity index (χ3n) is 5.90. The molecule has 0 saturated heterocycles. The Morgan fingerprint density at radius 1 is 1.06 bits per heavy atom. The third kappa shape index (κ3) is 4.12. The average molecular weight is 461 g/mol. The maximum atomic E-state index is 14.2. The van der Waals surface area contributed by atoms with E-state index in [2.05, 4.69) is 0 Å². The molecule has 0 aromatic heterocycles. The largest absolute Gasteiger partial charge is 0.487 e. The van der Waals surface area contributed by atoms with Crippen molar-refractivity contribution in [1.82, 2.24) is 0 Å². The van der Waals surface area contributed by atoms with Gasteiger partial charge in [-0.3, -0.25) is 9.59 Å². The summed E-state index contributed by atoms with van der Waals surface area (Å²) in [5, 5.41) is 11.5. The van der Waals surface area contributed by atoms with E-state index in [0.717, 1.165) is 6.42 Å². The molecule has 7 heteroatoms. The molecule has 0 unspecified atom stereocenters. The summed E-state index contributed by atoms with van der Waals surface area (Å²) < 4.78 is 20.2. The Morgan fingerprint density at radius 2 is 1.77 bits per heavy atom. The van der Waals surface area contributed by atoms with Gasteiger partial charge in [0, 0.05) is 32.8 Å². The summed E-state index contributed by atoms with van der Waals surface area (Å²) in [6, 6.07) is 12.9. The molecular formula is C24H19Cl2FO4. The van der Waals surface area contributed by atoms with Gasteiger partial charge in [-0.25, -0.2) is 4.39 Å². The summed E-state index contributed by atoms with van der Waals surface area (Å²) in [6.07, 6.45) is 1.56. The number of halogens is 3. The number of hydrogen-bond donors (Lipinski definition) is 1. The van der Waals surface area contributed by atoms with E-state index in [0.29, 0.717) is 28.6 Å². The highest BCUT2D eigenvalue weighted by Crippen LogP contribution is 2.46. The Bertz CT molecular complexity index is 1190. The number of ketones is 1. The van der Waals surface area contributed by atoms with Crippen molar-refractivity contribution in [2.45, 2.75) is 32.3 Å². The molecule has 0 radical (unpaired) electrons. The average Bonchev–Trinajstić information content (AvgIpc) is 2.70. The van der Waals surface area contributed by atoms with Crippen LogP contribution in [0.25, 0.3) is 10.8 Å². The molecule has 1 N–H and O–H groups in total. The van der Waals surface area contributed by atoms with Gasteiger partial charge in [0.25, 0.3) is 0 Å². The van der Waals surface area contributed by atoms with Gasteiger partial charge in [0.1, 0.15) is 18.2 Å². The van der Waals surface area contributed by atoms with Gasteiger partial charge in [0.05, 0.1) is 11.0 Å². The molecule has 3 aromatic carbocycles. The highest BCUT2D eigenvalue weighted by atomic mass is 35.5. The first-order valence-corrected chi connectivity index (χ1v) is 10.6. The lowest BCUT2D eigenvalue weighted by molar-refractivity contribution is -0.154. The van der Waals surface area contributed by atoms with Crippen LogP contribution in [0.2, 0.25) is 10.0 Å². The molecule has 0 atom stereocenters. The van der Waals surface area contributed by atoms with E-state index in [1.807, 2.05) is 6.07 Å². The molecule has 0 aliphatic heterocycles. The van der Waals surface area contributed by atoms with E-state index in [-0.39, 0.29) is 40.7 Å². The van der Waals surface area contributed by atoms with E-state index in [4.69, 9.17) is 27.9 Å². The van der Waals surface area contributed by atoms with Crippen LogP contribution in [-0.2, 0) is 11.4 Å².